The van der Waals surface area contributed by atoms with Crippen molar-refractivity contribution in [3.05, 3.63) is 0 Å². The molecule has 0 saturated heterocycles. The average molecular weight is 463 g/mol. The van der Waals surface area contributed by atoms with Crippen LogP contribution in [0.1, 0.15) is 26.7 Å². The lowest BCUT2D eigenvalue weighted by Gasteiger charge is -2.07. The first kappa shape index (κ1) is 25.6. The van der Waals surface area contributed by atoms with E-state index in [0.29, 0.717) is 0 Å². The Morgan fingerprint density at radius 3 is 1.08 bits per heavy atom. The first-order valence-electron chi connectivity index (χ1n) is 7.22. The van der Waals surface area contributed by atoms with Gasteiger partial charge in [0.05, 0.1) is 24.7 Å². The number of hydrogen-bond acceptors (Lipinski definition) is 12. The molecule has 158 valence electrons. The monoisotopic (exact) mass is 462 g/mol. The van der Waals surface area contributed by atoms with Crippen LogP contribution in [0.5, 0.6) is 0 Å². The molecule has 0 aliphatic rings. The fourth-order valence-electron chi connectivity index (χ4n) is 1.37. The van der Waals surface area contributed by atoms with Crippen LogP contribution in [0.25, 0.3) is 0 Å². The van der Waals surface area contributed by atoms with E-state index in [-0.39, 0.29) is 26.1 Å². The topological polar surface area (TPSA) is 173 Å². The van der Waals surface area contributed by atoms with E-state index in [1.165, 1.54) is 13.8 Å². The lowest BCUT2D eigenvalue weighted by atomic mass is 10.4. The van der Waals surface area contributed by atoms with Crippen molar-refractivity contribution < 1.29 is 50.4 Å². The van der Waals surface area contributed by atoms with Gasteiger partial charge in [-0.05, 0) is 26.7 Å². The van der Waals surface area contributed by atoms with Crippen LogP contribution in [0.2, 0.25) is 0 Å². The van der Waals surface area contributed by atoms with Crippen molar-refractivity contribution in [2.24, 2.45) is 0 Å². The van der Waals surface area contributed by atoms with E-state index in [9.17, 15) is 33.7 Å². The fourth-order valence-corrected chi connectivity index (χ4v) is 5.69. The molecule has 0 aliphatic heterocycles. The van der Waals surface area contributed by atoms with E-state index in [4.69, 9.17) is 0 Å². The zero-order chi connectivity index (χ0) is 20.5. The van der Waals surface area contributed by atoms with Gasteiger partial charge in [0, 0.05) is 0 Å². The Labute approximate surface area is 154 Å². The first-order chi connectivity index (χ1) is 11.7. The average Bonchev–Trinajstić information content (AvgIpc) is 2.49. The van der Waals surface area contributed by atoms with Crippen LogP contribution in [-0.4, -0.2) is 70.3 Å². The minimum atomic E-state index is -4.20. The van der Waals surface area contributed by atoms with Crippen molar-refractivity contribution >= 4 is 40.5 Å². The van der Waals surface area contributed by atoms with Gasteiger partial charge in [0.1, 0.15) is 0 Å². The normalized spacial score (nSPS) is 13.8. The van der Waals surface area contributed by atoms with Crippen LogP contribution in [0.4, 0.5) is 0 Å². The molecule has 0 fully saturated rings. The zero-order valence-electron chi connectivity index (χ0n) is 14.2. The maximum atomic E-state index is 11.5. The number of rotatable bonds is 15. The van der Waals surface area contributed by atoms with Gasteiger partial charge >= 0.3 is 0 Å². The molecule has 0 unspecified atom stereocenters. The summed E-state index contributed by atoms with van der Waals surface area (Å²) in [5.74, 6) is -3.64. The maximum Gasteiger partial charge on any atom is 0.293 e. The summed E-state index contributed by atoms with van der Waals surface area (Å²) in [7, 11) is -16.7. The molecule has 0 spiro atoms. The standard InChI is InChI=1S/C10H22O12S4/c1-3-19-25(15,16)9-21-23(11,12)7-5-6-8-24(13,14)22-10-26(17,18)20-4-2/h3-10H2,1-2H3. The molecule has 0 aromatic heterocycles. The van der Waals surface area contributed by atoms with Crippen molar-refractivity contribution in [1.29, 1.82) is 0 Å². The van der Waals surface area contributed by atoms with Gasteiger partial charge in [0.15, 0.2) is 11.9 Å². The van der Waals surface area contributed by atoms with Gasteiger partial charge in [-0.25, -0.2) is 0 Å². The molecule has 12 nitrogen and oxygen atoms in total. The molecule has 0 aromatic rings. The van der Waals surface area contributed by atoms with E-state index in [2.05, 4.69) is 16.7 Å². The molecule has 0 rings (SSSR count). The molecule has 0 aliphatic carbocycles. The van der Waals surface area contributed by atoms with Crippen LogP contribution in [0.15, 0.2) is 0 Å². The summed E-state index contributed by atoms with van der Waals surface area (Å²) in [4.78, 5) is 0. The van der Waals surface area contributed by atoms with Crippen molar-refractivity contribution in [3.63, 3.8) is 0 Å². The summed E-state index contributed by atoms with van der Waals surface area (Å²) in [5.41, 5.74) is 0. The van der Waals surface area contributed by atoms with Gasteiger partial charge in [0.25, 0.3) is 40.5 Å². The first-order valence-corrected chi connectivity index (χ1v) is 13.5. The van der Waals surface area contributed by atoms with Gasteiger partial charge in [-0.2, -0.15) is 33.7 Å². The van der Waals surface area contributed by atoms with Gasteiger partial charge in [0.2, 0.25) is 0 Å². The van der Waals surface area contributed by atoms with Gasteiger partial charge in [-0.15, -0.1) is 0 Å². The predicted molar refractivity (Wildman–Crippen MR) is 89.8 cm³/mol. The summed E-state index contributed by atoms with van der Waals surface area (Å²) in [6.45, 7) is 2.44. The van der Waals surface area contributed by atoms with Gasteiger partial charge in [-0.3, -0.25) is 16.7 Å². The lowest BCUT2D eigenvalue weighted by Crippen LogP contribution is -2.20. The highest BCUT2D eigenvalue weighted by atomic mass is 32.2. The minimum Gasteiger partial charge on any atom is -0.269 e. The highest BCUT2D eigenvalue weighted by molar-refractivity contribution is 7.90. The molecule has 16 heteroatoms. The summed E-state index contributed by atoms with van der Waals surface area (Å²) in [5, 5.41) is 0. The second-order valence-corrected chi connectivity index (χ2v) is 11.3. The van der Waals surface area contributed by atoms with E-state index in [1.54, 1.807) is 0 Å². The Bertz CT molecular complexity index is 750. The molecule has 0 heterocycles. The predicted octanol–water partition coefficient (Wildman–Crippen LogP) is -0.893. The summed E-state index contributed by atoms with van der Waals surface area (Å²) >= 11 is 0. The maximum absolute atomic E-state index is 11.5. The highest BCUT2D eigenvalue weighted by Crippen LogP contribution is 2.07. The van der Waals surface area contributed by atoms with Crippen LogP contribution in [0, 0.1) is 0 Å². The molecule has 0 radical (unpaired) electrons. The minimum absolute atomic E-state index is 0.178. The smallest absolute Gasteiger partial charge is 0.269 e. The van der Waals surface area contributed by atoms with Crippen LogP contribution < -0.4 is 0 Å². The molecule has 0 atom stereocenters. The largest absolute Gasteiger partial charge is 0.293 e. The third-order valence-electron chi connectivity index (χ3n) is 2.38. The van der Waals surface area contributed by atoms with E-state index in [0.717, 1.165) is 0 Å². The van der Waals surface area contributed by atoms with Crippen molar-refractivity contribution in [1.82, 2.24) is 0 Å². The number of hydrogen-bond donors (Lipinski definition) is 0. The fraction of sp³-hybridized carbons (Fsp3) is 1.00. The SMILES string of the molecule is CCOS(=O)(=O)COS(=O)(=O)CCCCS(=O)(=O)OCS(=O)(=O)OCC. The third-order valence-corrected chi connectivity index (χ3v) is 7.21. The lowest BCUT2D eigenvalue weighted by molar-refractivity contribution is 0.298. The summed E-state index contributed by atoms with van der Waals surface area (Å²) in [6, 6.07) is 0. The van der Waals surface area contributed by atoms with Gasteiger partial charge < -0.3 is 0 Å². The Balaban J connectivity index is 4.31. The molecule has 26 heavy (non-hydrogen) atoms. The number of unbranched alkanes of at least 4 members (excludes halogenated alkanes) is 1. The molecule has 0 amide bonds. The molecule has 0 saturated carbocycles. The third kappa shape index (κ3) is 12.9. The Hall–Kier alpha value is -0.360. The molecule has 0 bridgehead atoms. The van der Waals surface area contributed by atoms with E-state index in [1.807, 2.05) is 0 Å². The second-order valence-electron chi connectivity index (χ2n) is 4.63. The van der Waals surface area contributed by atoms with E-state index < -0.39 is 63.9 Å². The van der Waals surface area contributed by atoms with Crippen molar-refractivity contribution in [3.8, 4) is 0 Å². The quantitative estimate of drug-likeness (QED) is 0.217. The summed E-state index contributed by atoms with van der Waals surface area (Å²) in [6.07, 6.45) is -0.365. The van der Waals surface area contributed by atoms with Gasteiger partial charge in [-0.1, -0.05) is 0 Å². The molecule has 0 aromatic carbocycles. The van der Waals surface area contributed by atoms with Crippen LogP contribution >= 0.6 is 0 Å². The Morgan fingerprint density at radius 1 is 0.500 bits per heavy atom. The second kappa shape index (κ2) is 10.8. The molecular weight excluding hydrogens is 440 g/mol. The Morgan fingerprint density at radius 2 is 0.808 bits per heavy atom. The Kier molecular flexibility index (Phi) is 10.7. The molecule has 0 N–H and O–H groups in total. The highest BCUT2D eigenvalue weighted by Gasteiger charge is 2.21. The van der Waals surface area contributed by atoms with Crippen molar-refractivity contribution in [2.45, 2.75) is 26.7 Å². The summed E-state index contributed by atoms with van der Waals surface area (Å²) < 4.78 is 108. The van der Waals surface area contributed by atoms with E-state index >= 15 is 0 Å². The zero-order valence-corrected chi connectivity index (χ0v) is 17.5. The van der Waals surface area contributed by atoms with Crippen LogP contribution in [-0.2, 0) is 57.2 Å². The van der Waals surface area contributed by atoms with Crippen LogP contribution in [0.3, 0.4) is 0 Å². The van der Waals surface area contributed by atoms with Crippen molar-refractivity contribution in [2.75, 3.05) is 36.6 Å². The molecular formula is C10H22O12S4.